The van der Waals surface area contributed by atoms with E-state index in [4.69, 9.17) is 10.5 Å². The van der Waals surface area contributed by atoms with Gasteiger partial charge in [0.25, 0.3) is 0 Å². The number of thiophene rings is 1. The minimum atomic E-state index is -0.356. The quantitative estimate of drug-likeness (QED) is 0.640. The molecule has 0 bridgehead atoms. The molecule has 1 aromatic rings. The third-order valence-electron chi connectivity index (χ3n) is 4.15. The topological polar surface area (TPSA) is 64.3 Å². The molecule has 1 heterocycles. The average Bonchev–Trinajstić information content (AvgIpc) is 2.76. The molecule has 6 heteroatoms. The molecule has 1 aliphatic carbocycles. The zero-order valence-corrected chi connectivity index (χ0v) is 14.7. The van der Waals surface area contributed by atoms with Crippen molar-refractivity contribution in [2.24, 2.45) is 5.41 Å². The van der Waals surface area contributed by atoms with Crippen LogP contribution in [-0.2, 0) is 4.74 Å². The number of esters is 1. The molecule has 1 fully saturated rings. The molecular weight excluding hydrogens is 304 g/mol. The highest BCUT2D eigenvalue weighted by Crippen LogP contribution is 2.44. The Morgan fingerprint density at radius 2 is 2.05 bits per heavy atom. The number of anilines is 2. The fourth-order valence-electron chi connectivity index (χ4n) is 2.70. The lowest BCUT2D eigenvalue weighted by atomic mass is 9.76. The summed E-state index contributed by atoms with van der Waals surface area (Å²) in [6.07, 6.45) is 6.75. The Morgan fingerprint density at radius 3 is 2.57 bits per heavy atom. The normalized spacial score (nSPS) is 18.5. The van der Waals surface area contributed by atoms with Gasteiger partial charge < -0.3 is 15.8 Å². The average molecular weight is 329 g/mol. The molecule has 1 saturated carbocycles. The van der Waals surface area contributed by atoms with E-state index in [9.17, 15) is 4.79 Å². The maximum atomic E-state index is 11.8. The predicted molar refractivity (Wildman–Crippen MR) is 91.5 cm³/mol. The number of hydrogen-bond donors (Lipinski definition) is 2. The maximum absolute atomic E-state index is 11.8. The van der Waals surface area contributed by atoms with Crippen LogP contribution in [0.25, 0.3) is 0 Å². The van der Waals surface area contributed by atoms with E-state index in [0.717, 1.165) is 22.7 Å². The lowest BCUT2D eigenvalue weighted by Gasteiger charge is -2.34. The Labute approximate surface area is 134 Å². The first-order valence-corrected chi connectivity index (χ1v) is 9.23. The second-order valence-electron chi connectivity index (χ2n) is 6.28. The molecule has 4 nitrogen and oxygen atoms in total. The number of rotatable bonds is 4. The number of nitrogen functional groups attached to an aromatic ring is 1. The third kappa shape index (κ3) is 3.66. The van der Waals surface area contributed by atoms with Gasteiger partial charge in [-0.25, -0.2) is 4.79 Å². The van der Waals surface area contributed by atoms with Crippen LogP contribution in [0.4, 0.5) is 10.7 Å². The van der Waals surface area contributed by atoms with Gasteiger partial charge >= 0.3 is 5.97 Å². The van der Waals surface area contributed by atoms with Crippen molar-refractivity contribution >= 4 is 39.8 Å². The van der Waals surface area contributed by atoms with Crippen molar-refractivity contribution in [3.05, 3.63) is 4.88 Å². The molecule has 0 radical (unpaired) electrons. The van der Waals surface area contributed by atoms with Gasteiger partial charge in [0.15, 0.2) is 0 Å². The molecule has 118 valence electrons. The summed E-state index contributed by atoms with van der Waals surface area (Å²) < 4.78 is 4.80. The second kappa shape index (κ2) is 6.48. The van der Waals surface area contributed by atoms with Crippen molar-refractivity contribution in [2.45, 2.75) is 50.5 Å². The Bertz CT molecular complexity index is 516. The lowest BCUT2D eigenvalue weighted by Crippen LogP contribution is -2.29. The fourth-order valence-corrected chi connectivity index (χ4v) is 4.72. The van der Waals surface area contributed by atoms with Crippen molar-refractivity contribution in [3.63, 3.8) is 0 Å². The van der Waals surface area contributed by atoms with E-state index in [2.05, 4.69) is 19.2 Å². The highest BCUT2D eigenvalue weighted by atomic mass is 32.2. The van der Waals surface area contributed by atoms with E-state index in [1.807, 2.05) is 6.26 Å². The van der Waals surface area contributed by atoms with Gasteiger partial charge in [0.1, 0.15) is 9.88 Å². The summed E-state index contributed by atoms with van der Waals surface area (Å²) in [5.41, 5.74) is 7.08. The molecule has 3 N–H and O–H groups in total. The van der Waals surface area contributed by atoms with Crippen LogP contribution < -0.4 is 11.1 Å². The van der Waals surface area contributed by atoms with E-state index >= 15 is 0 Å². The summed E-state index contributed by atoms with van der Waals surface area (Å²) in [6, 6.07) is 0.465. The largest absolute Gasteiger partial charge is 0.465 e. The van der Waals surface area contributed by atoms with E-state index in [1.165, 1.54) is 31.3 Å². The Balaban J connectivity index is 2.15. The number of carbonyl (C=O) groups excluding carboxylic acids is 1. The summed E-state index contributed by atoms with van der Waals surface area (Å²) in [6.45, 7) is 4.66. The summed E-state index contributed by atoms with van der Waals surface area (Å²) in [5.74, 6) is -0.356. The van der Waals surface area contributed by atoms with Gasteiger partial charge in [-0.05, 0) is 37.4 Å². The Kier molecular flexibility index (Phi) is 5.09. The number of ether oxygens (including phenoxy) is 1. The fraction of sp³-hybridized carbons (Fsp3) is 0.667. The SMILES string of the molecule is COC(=O)c1sc(NC2CCC(C)(C)CC2)c(SC)c1N. The van der Waals surface area contributed by atoms with Crippen LogP contribution in [0.15, 0.2) is 4.90 Å². The number of nitrogens with two attached hydrogens (primary N) is 1. The zero-order valence-electron chi connectivity index (χ0n) is 13.1. The van der Waals surface area contributed by atoms with Crippen LogP contribution in [0.5, 0.6) is 0 Å². The van der Waals surface area contributed by atoms with E-state index < -0.39 is 0 Å². The van der Waals surface area contributed by atoms with Crippen LogP contribution in [-0.4, -0.2) is 25.4 Å². The molecule has 2 rings (SSSR count). The van der Waals surface area contributed by atoms with Crippen LogP contribution in [0.2, 0.25) is 0 Å². The van der Waals surface area contributed by atoms with Gasteiger partial charge in [-0.3, -0.25) is 0 Å². The van der Waals surface area contributed by atoms with Crippen molar-refractivity contribution in [3.8, 4) is 0 Å². The first kappa shape index (κ1) is 16.5. The zero-order chi connectivity index (χ0) is 15.6. The van der Waals surface area contributed by atoms with Crippen LogP contribution in [0.1, 0.15) is 49.2 Å². The van der Waals surface area contributed by atoms with Crippen LogP contribution >= 0.6 is 23.1 Å². The standard InChI is InChI=1S/C15H24N2O2S2/c1-15(2)7-5-9(6-8-15)17-13-11(20-4)10(16)12(21-13)14(18)19-3/h9,17H,5-8,16H2,1-4H3. The molecule has 1 aliphatic rings. The number of carbonyl (C=O) groups is 1. The van der Waals surface area contributed by atoms with Gasteiger partial charge in [-0.2, -0.15) is 0 Å². The van der Waals surface area contributed by atoms with Crippen molar-refractivity contribution in [1.82, 2.24) is 0 Å². The molecule has 0 amide bonds. The number of methoxy groups -OCH3 is 1. The first-order valence-electron chi connectivity index (χ1n) is 7.19. The van der Waals surface area contributed by atoms with E-state index in [1.54, 1.807) is 11.8 Å². The molecule has 21 heavy (non-hydrogen) atoms. The smallest absolute Gasteiger partial charge is 0.350 e. The second-order valence-corrected chi connectivity index (χ2v) is 8.12. The van der Waals surface area contributed by atoms with Gasteiger partial charge in [0.05, 0.1) is 17.7 Å². The number of hydrogen-bond acceptors (Lipinski definition) is 6. The van der Waals surface area contributed by atoms with Gasteiger partial charge in [0.2, 0.25) is 0 Å². The van der Waals surface area contributed by atoms with Crippen molar-refractivity contribution in [2.75, 3.05) is 24.4 Å². The number of nitrogens with one attached hydrogen (secondary N) is 1. The molecular formula is C15H24N2O2S2. The summed E-state index contributed by atoms with van der Waals surface area (Å²) in [4.78, 5) is 13.2. The predicted octanol–water partition coefficient (Wildman–Crippen LogP) is 4.22. The molecule has 0 saturated heterocycles. The van der Waals surface area contributed by atoms with Gasteiger partial charge in [0, 0.05) is 6.04 Å². The molecule has 0 atom stereocenters. The molecule has 0 aliphatic heterocycles. The highest BCUT2D eigenvalue weighted by Gasteiger charge is 2.28. The van der Waals surface area contributed by atoms with E-state index in [0.29, 0.717) is 22.0 Å². The lowest BCUT2D eigenvalue weighted by molar-refractivity contribution is 0.0607. The number of thioether (sulfide) groups is 1. The molecule has 0 unspecified atom stereocenters. The summed E-state index contributed by atoms with van der Waals surface area (Å²) in [5, 5.41) is 4.59. The summed E-state index contributed by atoms with van der Waals surface area (Å²) in [7, 11) is 1.39. The van der Waals surface area contributed by atoms with E-state index in [-0.39, 0.29) is 5.97 Å². The molecule has 0 spiro atoms. The molecule has 1 aromatic heterocycles. The minimum Gasteiger partial charge on any atom is -0.465 e. The van der Waals surface area contributed by atoms with Gasteiger partial charge in [-0.15, -0.1) is 23.1 Å². The first-order chi connectivity index (χ1) is 9.88. The van der Waals surface area contributed by atoms with Crippen LogP contribution in [0.3, 0.4) is 0 Å². The van der Waals surface area contributed by atoms with Crippen LogP contribution in [0, 0.1) is 5.41 Å². The summed E-state index contributed by atoms with van der Waals surface area (Å²) >= 11 is 2.98. The van der Waals surface area contributed by atoms with Crippen molar-refractivity contribution < 1.29 is 9.53 Å². The third-order valence-corrected chi connectivity index (χ3v) is 6.23. The Morgan fingerprint density at radius 1 is 1.43 bits per heavy atom. The van der Waals surface area contributed by atoms with Crippen molar-refractivity contribution in [1.29, 1.82) is 0 Å². The molecule has 0 aromatic carbocycles. The van der Waals surface area contributed by atoms with Gasteiger partial charge in [-0.1, -0.05) is 13.8 Å². The monoisotopic (exact) mass is 328 g/mol. The maximum Gasteiger partial charge on any atom is 0.350 e. The Hall–Kier alpha value is -0.880. The minimum absolute atomic E-state index is 0.356. The highest BCUT2D eigenvalue weighted by molar-refractivity contribution is 7.99.